The third-order valence-corrected chi connectivity index (χ3v) is 3.72. The third kappa shape index (κ3) is 5.20. The zero-order chi connectivity index (χ0) is 10.9. The second-order valence-electron chi connectivity index (χ2n) is 4.90. The zero-order valence-corrected chi connectivity index (χ0v) is 10.3. The van der Waals surface area contributed by atoms with Crippen LogP contribution in [0.3, 0.4) is 0 Å². The van der Waals surface area contributed by atoms with E-state index in [-0.39, 0.29) is 0 Å². The molecule has 0 bridgehead atoms. The van der Waals surface area contributed by atoms with Crippen molar-refractivity contribution >= 4 is 0 Å². The number of allylic oxidation sites excluding steroid dienone is 3. The smallest absolute Gasteiger partial charge is 0.0348 e. The molecule has 0 radical (unpaired) electrons. The molecule has 86 valence electrons. The highest BCUT2D eigenvalue weighted by molar-refractivity contribution is 4.80. The average molecular weight is 206 g/mol. The van der Waals surface area contributed by atoms with E-state index in [1.807, 2.05) is 0 Å². The molecule has 0 atom stereocenters. The van der Waals surface area contributed by atoms with Crippen molar-refractivity contribution in [1.82, 2.24) is 0 Å². The highest BCUT2D eigenvalue weighted by atomic mass is 14.2. The van der Waals surface area contributed by atoms with Gasteiger partial charge in [-0.2, -0.15) is 0 Å². The predicted molar refractivity (Wildman–Crippen MR) is 68.9 cm³/mol. The first kappa shape index (κ1) is 12.5. The van der Waals surface area contributed by atoms with Crippen LogP contribution in [0.5, 0.6) is 0 Å². The quantitative estimate of drug-likeness (QED) is 0.529. The van der Waals surface area contributed by atoms with E-state index in [1.54, 1.807) is 0 Å². The van der Waals surface area contributed by atoms with Crippen LogP contribution < -0.4 is 0 Å². The van der Waals surface area contributed by atoms with E-state index in [2.05, 4.69) is 31.7 Å². The minimum absolute atomic E-state index is 1.00. The maximum Gasteiger partial charge on any atom is -0.0348 e. The van der Waals surface area contributed by atoms with Crippen LogP contribution in [0.2, 0.25) is 0 Å². The molecule has 0 aromatic carbocycles. The lowest BCUT2D eigenvalue weighted by atomic mass is 9.78. The van der Waals surface area contributed by atoms with Gasteiger partial charge in [0.25, 0.3) is 0 Å². The van der Waals surface area contributed by atoms with E-state index in [1.165, 1.54) is 51.4 Å². The zero-order valence-electron chi connectivity index (χ0n) is 10.3. The molecule has 0 nitrogen and oxygen atoms in total. The van der Waals surface area contributed by atoms with Gasteiger partial charge in [0.2, 0.25) is 0 Å². The largest absolute Gasteiger partial charge is 0.103 e. The van der Waals surface area contributed by atoms with E-state index >= 15 is 0 Å². The first-order chi connectivity index (χ1) is 7.36. The molecule has 0 heterocycles. The van der Waals surface area contributed by atoms with Crippen LogP contribution in [-0.4, -0.2) is 0 Å². The molecular weight excluding hydrogens is 180 g/mol. The van der Waals surface area contributed by atoms with Gasteiger partial charge in [-0.1, -0.05) is 43.9 Å². The van der Waals surface area contributed by atoms with Crippen molar-refractivity contribution < 1.29 is 0 Å². The number of hydrogen-bond donors (Lipinski definition) is 0. The molecule has 0 aliphatic heterocycles. The molecule has 0 N–H and O–H groups in total. The van der Waals surface area contributed by atoms with Crippen molar-refractivity contribution in [2.45, 2.75) is 58.3 Å². The Bertz CT molecular complexity index is 182. The number of rotatable bonds is 6. The molecule has 0 heteroatoms. The summed E-state index contributed by atoms with van der Waals surface area (Å²) in [5.41, 5.74) is 0. The molecule has 0 amide bonds. The second-order valence-corrected chi connectivity index (χ2v) is 4.90. The summed E-state index contributed by atoms with van der Waals surface area (Å²) in [4.78, 5) is 0. The van der Waals surface area contributed by atoms with Crippen molar-refractivity contribution in [2.24, 2.45) is 11.8 Å². The maximum absolute atomic E-state index is 3.80. The molecule has 1 saturated carbocycles. The predicted octanol–water partition coefficient (Wildman–Crippen LogP) is 5.12. The van der Waals surface area contributed by atoms with Crippen LogP contribution in [-0.2, 0) is 0 Å². The Labute approximate surface area is 95.5 Å². The standard InChI is InChI=1S/C15H26/c1-3-5-7-9-15-12-10-14(11-13-15)8-6-4-2/h3-5,14-15H,2,6-13H2,1H3/b5-3+. The highest BCUT2D eigenvalue weighted by Gasteiger charge is 2.19. The molecule has 1 fully saturated rings. The first-order valence-electron chi connectivity index (χ1n) is 6.58. The molecule has 1 aliphatic carbocycles. The van der Waals surface area contributed by atoms with E-state index in [9.17, 15) is 0 Å². The Morgan fingerprint density at radius 1 is 1.00 bits per heavy atom. The van der Waals surface area contributed by atoms with Gasteiger partial charge in [0.15, 0.2) is 0 Å². The Morgan fingerprint density at radius 2 is 1.53 bits per heavy atom. The van der Waals surface area contributed by atoms with Gasteiger partial charge in [-0.3, -0.25) is 0 Å². The Kier molecular flexibility index (Phi) is 6.47. The van der Waals surface area contributed by atoms with Crippen molar-refractivity contribution in [3.8, 4) is 0 Å². The van der Waals surface area contributed by atoms with Crippen molar-refractivity contribution in [3.63, 3.8) is 0 Å². The highest BCUT2D eigenvalue weighted by Crippen LogP contribution is 2.33. The Balaban J connectivity index is 2.09. The summed E-state index contributed by atoms with van der Waals surface area (Å²) < 4.78 is 0. The van der Waals surface area contributed by atoms with E-state index < -0.39 is 0 Å². The average Bonchev–Trinajstić information content (AvgIpc) is 2.28. The fourth-order valence-electron chi connectivity index (χ4n) is 2.66. The monoisotopic (exact) mass is 206 g/mol. The van der Waals surface area contributed by atoms with Crippen molar-refractivity contribution in [1.29, 1.82) is 0 Å². The summed E-state index contributed by atoms with van der Waals surface area (Å²) in [5, 5.41) is 0. The van der Waals surface area contributed by atoms with Gasteiger partial charge in [0.05, 0.1) is 0 Å². The fourth-order valence-corrected chi connectivity index (χ4v) is 2.66. The fraction of sp³-hybridized carbons (Fsp3) is 0.733. The normalized spacial score (nSPS) is 27.0. The number of hydrogen-bond acceptors (Lipinski definition) is 0. The van der Waals surface area contributed by atoms with Crippen molar-refractivity contribution in [2.75, 3.05) is 0 Å². The molecule has 1 rings (SSSR count). The third-order valence-electron chi connectivity index (χ3n) is 3.72. The van der Waals surface area contributed by atoms with Crippen LogP contribution in [0.25, 0.3) is 0 Å². The van der Waals surface area contributed by atoms with Crippen molar-refractivity contribution in [3.05, 3.63) is 24.8 Å². The lowest BCUT2D eigenvalue weighted by Crippen LogP contribution is -2.14. The van der Waals surface area contributed by atoms with Crippen LogP contribution in [0.4, 0.5) is 0 Å². The SMILES string of the molecule is C=CCCC1CCC(CC/C=C/C)CC1. The van der Waals surface area contributed by atoms with Gasteiger partial charge in [0, 0.05) is 0 Å². The van der Waals surface area contributed by atoms with Crippen LogP contribution >= 0.6 is 0 Å². The lowest BCUT2D eigenvalue weighted by molar-refractivity contribution is 0.255. The van der Waals surface area contributed by atoms with Crippen LogP contribution in [0.1, 0.15) is 58.3 Å². The summed E-state index contributed by atoms with van der Waals surface area (Å²) in [6.07, 6.45) is 17.7. The van der Waals surface area contributed by atoms with Gasteiger partial charge in [0.1, 0.15) is 0 Å². The van der Waals surface area contributed by atoms with Gasteiger partial charge >= 0.3 is 0 Å². The topological polar surface area (TPSA) is 0 Å². The molecule has 0 aromatic rings. The van der Waals surface area contributed by atoms with E-state index in [4.69, 9.17) is 0 Å². The van der Waals surface area contributed by atoms with E-state index in [0.717, 1.165) is 11.8 Å². The Hall–Kier alpha value is -0.520. The molecule has 0 unspecified atom stereocenters. The first-order valence-corrected chi connectivity index (χ1v) is 6.58. The van der Waals surface area contributed by atoms with E-state index in [0.29, 0.717) is 0 Å². The lowest BCUT2D eigenvalue weighted by Gasteiger charge is -2.28. The summed E-state index contributed by atoms with van der Waals surface area (Å²) in [6, 6.07) is 0. The summed E-state index contributed by atoms with van der Waals surface area (Å²) in [6.45, 7) is 5.92. The summed E-state index contributed by atoms with van der Waals surface area (Å²) in [7, 11) is 0. The molecule has 1 aliphatic rings. The molecular formula is C15H26. The maximum atomic E-state index is 3.80. The van der Waals surface area contributed by atoms with Gasteiger partial charge in [-0.25, -0.2) is 0 Å². The van der Waals surface area contributed by atoms with Gasteiger partial charge in [-0.05, 0) is 44.4 Å². The Morgan fingerprint density at radius 3 is 2.00 bits per heavy atom. The van der Waals surface area contributed by atoms with Gasteiger partial charge < -0.3 is 0 Å². The molecule has 0 aromatic heterocycles. The minimum atomic E-state index is 1.00. The van der Waals surface area contributed by atoms with Crippen LogP contribution in [0, 0.1) is 11.8 Å². The molecule has 15 heavy (non-hydrogen) atoms. The minimum Gasteiger partial charge on any atom is -0.103 e. The second kappa shape index (κ2) is 7.73. The van der Waals surface area contributed by atoms with Gasteiger partial charge in [-0.15, -0.1) is 6.58 Å². The molecule has 0 spiro atoms. The molecule has 0 saturated heterocycles. The van der Waals surface area contributed by atoms with Crippen LogP contribution in [0.15, 0.2) is 24.8 Å². The summed E-state index contributed by atoms with van der Waals surface area (Å²) in [5.74, 6) is 2.02. The summed E-state index contributed by atoms with van der Waals surface area (Å²) >= 11 is 0.